The lowest BCUT2D eigenvalue weighted by Gasteiger charge is -2.18. The van der Waals surface area contributed by atoms with Crippen molar-refractivity contribution in [2.24, 2.45) is 16.8 Å². The molecule has 0 aromatic rings. The Kier molecular flexibility index (Phi) is 3.62. The molecule has 0 bridgehead atoms. The van der Waals surface area contributed by atoms with Gasteiger partial charge in [-0.05, 0) is 5.92 Å². The average molecular weight is 194 g/mol. The molecule has 1 unspecified atom stereocenters. The van der Waals surface area contributed by atoms with Crippen LogP contribution >= 0.6 is 0 Å². The summed E-state index contributed by atoms with van der Waals surface area (Å²) in [5.41, 5.74) is 5.15. The third-order valence-electron chi connectivity index (χ3n) is 1.29. The van der Waals surface area contributed by atoms with Crippen LogP contribution in [0.5, 0.6) is 0 Å². The van der Waals surface area contributed by atoms with Crippen molar-refractivity contribution in [1.82, 2.24) is 4.72 Å². The first-order chi connectivity index (χ1) is 5.24. The second kappa shape index (κ2) is 3.83. The molecule has 6 nitrogen and oxygen atoms in total. The Balaban J connectivity index is 4.46. The van der Waals surface area contributed by atoms with Gasteiger partial charge >= 0.3 is 0 Å². The summed E-state index contributed by atoms with van der Waals surface area (Å²) < 4.78 is 23.2. The van der Waals surface area contributed by atoms with Crippen LogP contribution < -0.4 is 15.6 Å². The van der Waals surface area contributed by atoms with Crippen LogP contribution in [0.1, 0.15) is 13.8 Å². The zero-order valence-corrected chi connectivity index (χ0v) is 7.85. The number of nitrogens with two attached hydrogens (primary N) is 2. The molecule has 72 valence electrons. The van der Waals surface area contributed by atoms with Crippen LogP contribution in [0.25, 0.3) is 0 Å². The van der Waals surface area contributed by atoms with Crippen molar-refractivity contribution >= 4 is 16.0 Å². The van der Waals surface area contributed by atoms with Crippen molar-refractivity contribution in [2.45, 2.75) is 19.9 Å². The second-order valence-corrected chi connectivity index (χ2v) is 4.17. The number of amidine groups is 1. The van der Waals surface area contributed by atoms with Crippen LogP contribution in [0.3, 0.4) is 0 Å². The average Bonchev–Trinajstić information content (AvgIpc) is 1.79. The topological polar surface area (TPSA) is 122 Å². The van der Waals surface area contributed by atoms with Crippen LogP contribution in [0.2, 0.25) is 0 Å². The SMILES string of the molecule is CC(C)C(NS(N)(=O)=O)C(=N)N. The van der Waals surface area contributed by atoms with E-state index in [0.717, 1.165) is 0 Å². The van der Waals surface area contributed by atoms with Crippen molar-refractivity contribution in [2.75, 3.05) is 0 Å². The lowest BCUT2D eigenvalue weighted by atomic mass is 10.1. The van der Waals surface area contributed by atoms with E-state index in [0.29, 0.717) is 0 Å². The van der Waals surface area contributed by atoms with Gasteiger partial charge in [0.15, 0.2) is 0 Å². The predicted molar refractivity (Wildman–Crippen MR) is 46.8 cm³/mol. The van der Waals surface area contributed by atoms with Gasteiger partial charge in [0.1, 0.15) is 5.84 Å². The minimum Gasteiger partial charge on any atom is -0.386 e. The number of rotatable bonds is 4. The highest BCUT2D eigenvalue weighted by Crippen LogP contribution is 2.00. The van der Waals surface area contributed by atoms with E-state index in [1.807, 2.05) is 0 Å². The van der Waals surface area contributed by atoms with E-state index >= 15 is 0 Å². The minimum absolute atomic E-state index is 0.0965. The molecule has 0 saturated heterocycles. The molecule has 0 amide bonds. The number of hydrogen-bond donors (Lipinski definition) is 4. The van der Waals surface area contributed by atoms with E-state index < -0.39 is 16.3 Å². The molecule has 0 aromatic carbocycles. The fourth-order valence-electron chi connectivity index (χ4n) is 0.736. The first-order valence-electron chi connectivity index (χ1n) is 3.38. The smallest absolute Gasteiger partial charge is 0.275 e. The van der Waals surface area contributed by atoms with Gasteiger partial charge in [-0.2, -0.15) is 13.1 Å². The quantitative estimate of drug-likeness (QED) is 0.330. The van der Waals surface area contributed by atoms with Crippen LogP contribution in [0, 0.1) is 11.3 Å². The summed E-state index contributed by atoms with van der Waals surface area (Å²) in [6.07, 6.45) is 0. The standard InChI is InChI=1S/C5H14N4O2S/c1-3(2)4(5(6)7)9-12(8,10)11/h3-4,9H,1-2H3,(H3,6,7)(H2,8,10,11). The molecule has 1 atom stereocenters. The molecule has 0 aromatic heterocycles. The van der Waals surface area contributed by atoms with Gasteiger partial charge in [-0.15, -0.1) is 0 Å². The molecular weight excluding hydrogens is 180 g/mol. The molecule has 0 radical (unpaired) electrons. The van der Waals surface area contributed by atoms with Gasteiger partial charge in [-0.3, -0.25) is 5.41 Å². The van der Waals surface area contributed by atoms with Gasteiger partial charge in [0, 0.05) is 0 Å². The third-order valence-corrected chi connectivity index (χ3v) is 1.88. The maximum Gasteiger partial charge on any atom is 0.275 e. The van der Waals surface area contributed by atoms with Crippen LogP contribution in [-0.4, -0.2) is 20.3 Å². The van der Waals surface area contributed by atoms with Crippen molar-refractivity contribution in [3.8, 4) is 0 Å². The van der Waals surface area contributed by atoms with Crippen LogP contribution in [0.15, 0.2) is 0 Å². The van der Waals surface area contributed by atoms with Crippen molar-refractivity contribution in [1.29, 1.82) is 5.41 Å². The molecule has 0 aliphatic rings. The fourth-order valence-corrected chi connectivity index (χ4v) is 1.49. The molecular formula is C5H14N4O2S. The van der Waals surface area contributed by atoms with Crippen molar-refractivity contribution < 1.29 is 8.42 Å². The summed E-state index contributed by atoms with van der Waals surface area (Å²) in [5, 5.41) is 11.8. The molecule has 0 fully saturated rings. The fraction of sp³-hybridized carbons (Fsp3) is 0.800. The summed E-state index contributed by atoms with van der Waals surface area (Å²) in [6, 6.07) is -0.722. The molecule has 0 spiro atoms. The van der Waals surface area contributed by atoms with Gasteiger partial charge in [-0.25, -0.2) is 5.14 Å². The first kappa shape index (κ1) is 11.3. The molecule has 12 heavy (non-hydrogen) atoms. The van der Waals surface area contributed by atoms with Crippen LogP contribution in [0.4, 0.5) is 0 Å². The Bertz CT molecular complexity index is 259. The summed E-state index contributed by atoms with van der Waals surface area (Å²) in [5.74, 6) is -0.333. The molecule has 0 aliphatic carbocycles. The Morgan fingerprint density at radius 2 is 1.92 bits per heavy atom. The van der Waals surface area contributed by atoms with Crippen LogP contribution in [-0.2, 0) is 10.2 Å². The third kappa shape index (κ3) is 4.27. The highest BCUT2D eigenvalue weighted by atomic mass is 32.2. The zero-order chi connectivity index (χ0) is 9.94. The van der Waals surface area contributed by atoms with Crippen molar-refractivity contribution in [3.63, 3.8) is 0 Å². The second-order valence-electron chi connectivity index (χ2n) is 2.84. The zero-order valence-electron chi connectivity index (χ0n) is 7.03. The number of hydrogen-bond acceptors (Lipinski definition) is 3. The highest BCUT2D eigenvalue weighted by Gasteiger charge is 2.20. The van der Waals surface area contributed by atoms with Gasteiger partial charge in [0.05, 0.1) is 6.04 Å². The van der Waals surface area contributed by atoms with Gasteiger partial charge in [0.2, 0.25) is 0 Å². The van der Waals surface area contributed by atoms with Gasteiger partial charge in [-0.1, -0.05) is 13.8 Å². The van der Waals surface area contributed by atoms with E-state index in [4.69, 9.17) is 16.3 Å². The van der Waals surface area contributed by atoms with E-state index in [9.17, 15) is 8.42 Å². The number of nitrogens with one attached hydrogen (secondary N) is 2. The summed E-state index contributed by atoms with van der Waals surface area (Å²) in [6.45, 7) is 3.48. The molecule has 6 N–H and O–H groups in total. The highest BCUT2D eigenvalue weighted by molar-refractivity contribution is 7.87. The molecule has 0 aliphatic heterocycles. The Morgan fingerprint density at radius 3 is 2.00 bits per heavy atom. The largest absolute Gasteiger partial charge is 0.386 e. The first-order valence-corrected chi connectivity index (χ1v) is 4.92. The Morgan fingerprint density at radius 1 is 1.50 bits per heavy atom. The van der Waals surface area contributed by atoms with E-state index in [2.05, 4.69) is 4.72 Å². The summed E-state index contributed by atoms with van der Waals surface area (Å²) in [7, 11) is -3.78. The maximum absolute atomic E-state index is 10.6. The minimum atomic E-state index is -3.78. The molecule has 0 saturated carbocycles. The molecule has 0 heterocycles. The summed E-state index contributed by atoms with van der Waals surface area (Å²) in [4.78, 5) is 0. The molecule has 0 rings (SSSR count). The molecule has 7 heteroatoms. The Labute approximate surface area is 72.0 Å². The predicted octanol–water partition coefficient (Wildman–Crippen LogP) is -1.26. The normalized spacial score (nSPS) is 14.7. The van der Waals surface area contributed by atoms with Crippen molar-refractivity contribution in [3.05, 3.63) is 0 Å². The lowest BCUT2D eigenvalue weighted by molar-refractivity contribution is 0.523. The van der Waals surface area contributed by atoms with Gasteiger partial charge in [0.25, 0.3) is 10.2 Å². The van der Waals surface area contributed by atoms with E-state index in [-0.39, 0.29) is 11.8 Å². The lowest BCUT2D eigenvalue weighted by Crippen LogP contribution is -2.49. The van der Waals surface area contributed by atoms with Gasteiger partial charge < -0.3 is 5.73 Å². The van der Waals surface area contributed by atoms with E-state index in [1.165, 1.54) is 0 Å². The monoisotopic (exact) mass is 194 g/mol. The summed E-state index contributed by atoms with van der Waals surface area (Å²) >= 11 is 0. The Hall–Kier alpha value is -0.660. The van der Waals surface area contributed by atoms with E-state index in [1.54, 1.807) is 13.8 Å². The maximum atomic E-state index is 10.6.